The maximum Gasteiger partial charge on any atom is 0.250 e. The third kappa shape index (κ3) is 4.40. The van der Waals surface area contributed by atoms with E-state index in [1.54, 1.807) is 16.8 Å². The quantitative estimate of drug-likeness (QED) is 0.642. The number of hydrogen-bond acceptors (Lipinski definition) is 2. The first-order chi connectivity index (χ1) is 10.2. The van der Waals surface area contributed by atoms with Gasteiger partial charge in [0.1, 0.15) is 12.4 Å². The summed E-state index contributed by atoms with van der Waals surface area (Å²) in [7, 11) is 0. The molecule has 4 heteroatoms. The molecule has 1 aromatic heterocycles. The van der Waals surface area contributed by atoms with Crippen LogP contribution >= 0.6 is 11.6 Å². The lowest BCUT2D eigenvalue weighted by atomic mass is 10.1. The van der Waals surface area contributed by atoms with Crippen molar-refractivity contribution < 1.29 is 4.74 Å². The zero-order chi connectivity index (χ0) is 15.1. The number of nitrogens with zero attached hydrogens (tertiary/aromatic N) is 1. The van der Waals surface area contributed by atoms with E-state index in [-0.39, 0.29) is 5.56 Å². The molecule has 0 radical (unpaired) electrons. The van der Waals surface area contributed by atoms with Crippen LogP contribution in [0.4, 0.5) is 0 Å². The van der Waals surface area contributed by atoms with Crippen molar-refractivity contribution in [3.63, 3.8) is 0 Å². The first-order valence-electron chi connectivity index (χ1n) is 6.64. The largest absolute Gasteiger partial charge is 0.492 e. The summed E-state index contributed by atoms with van der Waals surface area (Å²) in [4.78, 5) is 11.5. The summed E-state index contributed by atoms with van der Waals surface area (Å²) in [5.74, 6) is 6.92. The van der Waals surface area contributed by atoms with E-state index in [0.29, 0.717) is 19.0 Å². The lowest BCUT2D eigenvalue weighted by Gasteiger charge is -2.09. The fourth-order valence-corrected chi connectivity index (χ4v) is 1.97. The van der Waals surface area contributed by atoms with Crippen molar-refractivity contribution >= 4 is 11.6 Å². The predicted octanol–water partition coefficient (Wildman–Crippen LogP) is 2.83. The van der Waals surface area contributed by atoms with Gasteiger partial charge < -0.3 is 9.30 Å². The number of ether oxygens (including phenoxy) is 1. The van der Waals surface area contributed by atoms with Gasteiger partial charge in [-0.1, -0.05) is 17.9 Å². The summed E-state index contributed by atoms with van der Waals surface area (Å²) in [5.41, 5.74) is 1.97. The molecule has 3 nitrogen and oxygen atoms in total. The molecule has 1 aromatic carbocycles. The van der Waals surface area contributed by atoms with Crippen LogP contribution < -0.4 is 10.3 Å². The highest BCUT2D eigenvalue weighted by molar-refractivity contribution is 6.19. The molecule has 0 aliphatic carbocycles. The Morgan fingerprint density at radius 2 is 2.14 bits per heavy atom. The third-order valence-corrected chi connectivity index (χ3v) is 3.12. The molecule has 0 saturated heterocycles. The maximum absolute atomic E-state index is 11.5. The van der Waals surface area contributed by atoms with Gasteiger partial charge in [-0.2, -0.15) is 0 Å². The molecule has 0 saturated carbocycles. The first kappa shape index (κ1) is 15.2. The van der Waals surface area contributed by atoms with Crippen molar-refractivity contribution in [3.8, 4) is 17.6 Å². The zero-order valence-corrected chi connectivity index (χ0v) is 12.6. The van der Waals surface area contributed by atoms with E-state index < -0.39 is 0 Å². The third-order valence-electron chi connectivity index (χ3n) is 2.99. The van der Waals surface area contributed by atoms with Crippen molar-refractivity contribution in [1.82, 2.24) is 4.57 Å². The summed E-state index contributed by atoms with van der Waals surface area (Å²) in [6, 6.07) is 10.8. The minimum atomic E-state index is -0.0241. The van der Waals surface area contributed by atoms with E-state index in [4.69, 9.17) is 16.3 Å². The number of rotatable bonds is 4. The van der Waals surface area contributed by atoms with Gasteiger partial charge in [-0.15, -0.1) is 11.6 Å². The van der Waals surface area contributed by atoms with E-state index in [1.807, 2.05) is 31.2 Å². The van der Waals surface area contributed by atoms with Gasteiger partial charge in [0, 0.05) is 17.8 Å². The van der Waals surface area contributed by atoms with Gasteiger partial charge in [0.25, 0.3) is 5.56 Å². The van der Waals surface area contributed by atoms with Crippen LogP contribution in [-0.2, 0) is 6.54 Å². The topological polar surface area (TPSA) is 31.2 Å². The lowest BCUT2D eigenvalue weighted by Crippen LogP contribution is -2.21. The number of aromatic nitrogens is 1. The van der Waals surface area contributed by atoms with Crippen LogP contribution in [0.2, 0.25) is 0 Å². The lowest BCUT2D eigenvalue weighted by molar-refractivity contribution is 0.296. The van der Waals surface area contributed by atoms with Crippen LogP contribution in [0.5, 0.6) is 5.75 Å². The Kier molecular flexibility index (Phi) is 5.48. The highest BCUT2D eigenvalue weighted by atomic mass is 35.5. The number of hydrogen-bond donors (Lipinski definition) is 0. The van der Waals surface area contributed by atoms with E-state index in [0.717, 1.165) is 16.9 Å². The minimum absolute atomic E-state index is 0.0241. The molecule has 2 rings (SSSR count). The second-order valence-electron chi connectivity index (χ2n) is 4.49. The normalized spacial score (nSPS) is 9.81. The Bertz CT molecular complexity index is 725. The second kappa shape index (κ2) is 7.56. The van der Waals surface area contributed by atoms with Gasteiger partial charge in [0.15, 0.2) is 0 Å². The van der Waals surface area contributed by atoms with Crippen LogP contribution in [0.1, 0.15) is 11.1 Å². The number of benzene rings is 1. The van der Waals surface area contributed by atoms with Crippen molar-refractivity contribution in [1.29, 1.82) is 0 Å². The summed E-state index contributed by atoms with van der Waals surface area (Å²) >= 11 is 5.55. The van der Waals surface area contributed by atoms with Gasteiger partial charge in [-0.3, -0.25) is 4.79 Å². The maximum atomic E-state index is 11.5. The van der Waals surface area contributed by atoms with Crippen molar-refractivity contribution in [2.24, 2.45) is 0 Å². The van der Waals surface area contributed by atoms with Gasteiger partial charge in [0.05, 0.1) is 12.4 Å². The van der Waals surface area contributed by atoms with Crippen LogP contribution in [0, 0.1) is 18.8 Å². The van der Waals surface area contributed by atoms with Gasteiger partial charge in [-0.05, 0) is 36.8 Å². The second-order valence-corrected chi connectivity index (χ2v) is 4.76. The van der Waals surface area contributed by atoms with Crippen molar-refractivity contribution in [2.75, 3.05) is 12.5 Å². The molecule has 21 heavy (non-hydrogen) atoms. The first-order valence-corrected chi connectivity index (χ1v) is 7.18. The Balaban J connectivity index is 1.96. The summed E-state index contributed by atoms with van der Waals surface area (Å²) in [5, 5.41) is 0. The summed E-state index contributed by atoms with van der Waals surface area (Å²) < 4.78 is 7.29. The predicted molar refractivity (Wildman–Crippen MR) is 85.0 cm³/mol. The minimum Gasteiger partial charge on any atom is -0.492 e. The fraction of sp³-hybridized carbons (Fsp3) is 0.235. The zero-order valence-electron chi connectivity index (χ0n) is 11.8. The van der Waals surface area contributed by atoms with E-state index in [1.165, 1.54) is 6.07 Å². The number of pyridine rings is 1. The Hall–Kier alpha value is -2.18. The van der Waals surface area contributed by atoms with Crippen LogP contribution in [0.3, 0.4) is 0 Å². The molecule has 0 unspecified atom stereocenters. The van der Waals surface area contributed by atoms with Crippen molar-refractivity contribution in [3.05, 3.63) is 64.1 Å². The van der Waals surface area contributed by atoms with Gasteiger partial charge in [0.2, 0.25) is 0 Å². The number of alkyl halides is 1. The molecule has 0 atom stereocenters. The van der Waals surface area contributed by atoms with E-state index >= 15 is 0 Å². The van der Waals surface area contributed by atoms with Crippen molar-refractivity contribution in [2.45, 2.75) is 13.5 Å². The summed E-state index contributed by atoms with van der Waals surface area (Å²) in [6.45, 7) is 2.94. The van der Waals surface area contributed by atoms with Gasteiger partial charge in [-0.25, -0.2) is 0 Å². The smallest absolute Gasteiger partial charge is 0.250 e. The molecular formula is C17H16ClNO2. The van der Waals surface area contributed by atoms with E-state index in [2.05, 4.69) is 11.8 Å². The highest BCUT2D eigenvalue weighted by Gasteiger charge is 2.00. The monoisotopic (exact) mass is 301 g/mol. The van der Waals surface area contributed by atoms with E-state index in [9.17, 15) is 4.79 Å². The molecule has 0 aliphatic heterocycles. The molecule has 0 aliphatic rings. The van der Waals surface area contributed by atoms with Crippen LogP contribution in [0.25, 0.3) is 0 Å². The molecule has 0 amide bonds. The van der Waals surface area contributed by atoms with Gasteiger partial charge >= 0.3 is 0 Å². The molecular weight excluding hydrogens is 286 g/mol. The molecule has 0 spiro atoms. The fourth-order valence-electron chi connectivity index (χ4n) is 1.90. The Labute approximate surface area is 129 Å². The average Bonchev–Trinajstić information content (AvgIpc) is 2.48. The molecule has 1 heterocycles. The molecule has 0 bridgehead atoms. The molecule has 2 aromatic rings. The average molecular weight is 302 g/mol. The Morgan fingerprint density at radius 1 is 1.29 bits per heavy atom. The number of aryl methyl sites for hydroxylation is 1. The van der Waals surface area contributed by atoms with Crippen LogP contribution in [-0.4, -0.2) is 17.1 Å². The van der Waals surface area contributed by atoms with Crippen LogP contribution in [0.15, 0.2) is 47.4 Å². The Morgan fingerprint density at radius 3 is 2.86 bits per heavy atom. The standard InChI is InChI=1S/C17H16ClNO2/c1-14-13-16(8-7-15(14)5-4-9-18)21-12-11-19-10-3-2-6-17(19)20/h2-3,6-8,10,13H,9,11-12H2,1H3. The molecule has 0 fully saturated rings. The SMILES string of the molecule is Cc1cc(OCCn2ccccc2=O)ccc1C#CCCl. The molecule has 108 valence electrons. The highest BCUT2D eigenvalue weighted by Crippen LogP contribution is 2.16. The summed E-state index contributed by atoms with van der Waals surface area (Å²) in [6.07, 6.45) is 1.75. The molecule has 0 N–H and O–H groups in total. The number of halogens is 1.